The fourth-order valence-electron chi connectivity index (χ4n) is 3.13. The van der Waals surface area contributed by atoms with Crippen LogP contribution in [-0.2, 0) is 16.1 Å². The standard InChI is InChI=1S/C24H23BrN2O4/c1-31-22-12-5-3-10-20(22)27(16-17-7-6-8-18(25)15-17)24(30)14-13-23(29)26-19-9-2-4-11-21(19)28/h2-12,15,28H,13-14,16H2,1H3,(H,26,29). The maximum Gasteiger partial charge on any atom is 0.227 e. The number of methoxy groups -OCH3 is 1. The number of halogens is 1. The van der Waals surface area contributed by atoms with Crippen molar-refractivity contribution < 1.29 is 19.4 Å². The Morgan fingerprint density at radius 2 is 1.74 bits per heavy atom. The molecule has 0 saturated carbocycles. The van der Waals surface area contributed by atoms with Crippen LogP contribution in [0.5, 0.6) is 11.5 Å². The van der Waals surface area contributed by atoms with Crippen molar-refractivity contribution >= 4 is 39.1 Å². The summed E-state index contributed by atoms with van der Waals surface area (Å²) in [5.41, 5.74) is 1.89. The fourth-order valence-corrected chi connectivity index (χ4v) is 3.57. The molecule has 0 aliphatic heterocycles. The number of nitrogens with one attached hydrogen (secondary N) is 1. The molecule has 0 atom stereocenters. The van der Waals surface area contributed by atoms with E-state index in [2.05, 4.69) is 21.2 Å². The van der Waals surface area contributed by atoms with Gasteiger partial charge in [-0.25, -0.2) is 0 Å². The molecule has 0 fully saturated rings. The van der Waals surface area contributed by atoms with Crippen LogP contribution in [0.4, 0.5) is 11.4 Å². The van der Waals surface area contributed by atoms with Gasteiger partial charge in [-0.2, -0.15) is 0 Å². The van der Waals surface area contributed by atoms with Crippen molar-refractivity contribution in [2.75, 3.05) is 17.3 Å². The summed E-state index contributed by atoms with van der Waals surface area (Å²) in [7, 11) is 1.56. The van der Waals surface area contributed by atoms with Crippen LogP contribution in [0.2, 0.25) is 0 Å². The smallest absolute Gasteiger partial charge is 0.227 e. The number of carbonyl (C=O) groups is 2. The van der Waals surface area contributed by atoms with Gasteiger partial charge in [-0.1, -0.05) is 52.3 Å². The summed E-state index contributed by atoms with van der Waals surface area (Å²) >= 11 is 3.46. The summed E-state index contributed by atoms with van der Waals surface area (Å²) in [5.74, 6) is -0.00817. The number of ether oxygens (including phenoxy) is 1. The maximum absolute atomic E-state index is 13.2. The third-order valence-corrected chi connectivity index (χ3v) is 5.14. The van der Waals surface area contributed by atoms with E-state index in [1.165, 1.54) is 6.07 Å². The van der Waals surface area contributed by atoms with Crippen molar-refractivity contribution in [3.63, 3.8) is 0 Å². The predicted molar refractivity (Wildman–Crippen MR) is 124 cm³/mol. The van der Waals surface area contributed by atoms with Crippen molar-refractivity contribution in [3.05, 3.63) is 82.8 Å². The lowest BCUT2D eigenvalue weighted by molar-refractivity contribution is -0.122. The molecule has 3 aromatic carbocycles. The Morgan fingerprint density at radius 3 is 2.48 bits per heavy atom. The van der Waals surface area contributed by atoms with Crippen LogP contribution in [0.3, 0.4) is 0 Å². The minimum atomic E-state index is -0.350. The van der Waals surface area contributed by atoms with Gasteiger partial charge in [0.1, 0.15) is 11.5 Å². The van der Waals surface area contributed by atoms with Crippen molar-refractivity contribution in [1.82, 2.24) is 0 Å². The summed E-state index contributed by atoms with van der Waals surface area (Å²) in [6.07, 6.45) is -0.0111. The monoisotopic (exact) mass is 482 g/mol. The van der Waals surface area contributed by atoms with Gasteiger partial charge in [0, 0.05) is 17.3 Å². The average Bonchev–Trinajstić information content (AvgIpc) is 2.77. The molecule has 0 bridgehead atoms. The summed E-state index contributed by atoms with van der Waals surface area (Å²) < 4.78 is 6.36. The highest BCUT2D eigenvalue weighted by Crippen LogP contribution is 2.30. The Labute approximate surface area is 189 Å². The van der Waals surface area contributed by atoms with Crippen molar-refractivity contribution in [2.45, 2.75) is 19.4 Å². The number of anilines is 2. The van der Waals surface area contributed by atoms with Gasteiger partial charge in [0.05, 0.1) is 25.0 Å². The van der Waals surface area contributed by atoms with Gasteiger partial charge < -0.3 is 20.1 Å². The summed E-state index contributed by atoms with van der Waals surface area (Å²) in [6.45, 7) is 0.333. The third kappa shape index (κ3) is 6.08. The number of nitrogens with zero attached hydrogens (tertiary/aromatic N) is 1. The zero-order chi connectivity index (χ0) is 22.2. The average molecular weight is 483 g/mol. The van der Waals surface area contributed by atoms with E-state index in [1.54, 1.807) is 36.3 Å². The molecule has 6 nitrogen and oxygen atoms in total. The van der Waals surface area contributed by atoms with E-state index in [1.807, 2.05) is 42.5 Å². The summed E-state index contributed by atoms with van der Waals surface area (Å²) in [6, 6.07) is 21.5. The molecule has 0 saturated heterocycles. The van der Waals surface area contributed by atoms with Gasteiger partial charge in [0.25, 0.3) is 0 Å². The van der Waals surface area contributed by atoms with Gasteiger partial charge in [0.2, 0.25) is 11.8 Å². The highest BCUT2D eigenvalue weighted by molar-refractivity contribution is 9.10. The molecule has 160 valence electrons. The minimum Gasteiger partial charge on any atom is -0.506 e. The van der Waals surface area contributed by atoms with Crippen LogP contribution in [0, 0.1) is 0 Å². The number of amides is 2. The lowest BCUT2D eigenvalue weighted by Crippen LogP contribution is -2.31. The second kappa shape index (κ2) is 10.6. The number of aromatic hydroxyl groups is 1. The van der Waals surface area contributed by atoms with Crippen LogP contribution in [0.1, 0.15) is 18.4 Å². The quantitative estimate of drug-likeness (QED) is 0.437. The number of rotatable bonds is 8. The van der Waals surface area contributed by atoms with E-state index < -0.39 is 0 Å². The summed E-state index contributed by atoms with van der Waals surface area (Å²) in [5, 5.41) is 12.4. The molecule has 3 rings (SSSR count). The van der Waals surface area contributed by atoms with Gasteiger partial charge in [0.15, 0.2) is 0 Å². The maximum atomic E-state index is 13.2. The predicted octanol–water partition coefficient (Wildman–Crippen LogP) is 5.12. The molecule has 0 heterocycles. The van der Waals surface area contributed by atoms with Crippen LogP contribution in [0.15, 0.2) is 77.3 Å². The van der Waals surface area contributed by atoms with Crippen molar-refractivity contribution in [2.24, 2.45) is 0 Å². The van der Waals surface area contributed by atoms with E-state index in [0.29, 0.717) is 23.7 Å². The van der Waals surface area contributed by atoms with Crippen LogP contribution in [-0.4, -0.2) is 24.0 Å². The van der Waals surface area contributed by atoms with Crippen molar-refractivity contribution in [1.29, 1.82) is 0 Å². The molecule has 0 aliphatic rings. The molecule has 31 heavy (non-hydrogen) atoms. The normalized spacial score (nSPS) is 10.4. The Balaban J connectivity index is 1.75. The number of benzene rings is 3. The van der Waals surface area contributed by atoms with Gasteiger partial charge in [-0.15, -0.1) is 0 Å². The largest absolute Gasteiger partial charge is 0.506 e. The number of para-hydroxylation sites is 4. The first-order chi connectivity index (χ1) is 15.0. The number of carbonyl (C=O) groups excluding carboxylic acids is 2. The highest BCUT2D eigenvalue weighted by Gasteiger charge is 2.21. The topological polar surface area (TPSA) is 78.9 Å². The van der Waals surface area contributed by atoms with E-state index in [4.69, 9.17) is 4.74 Å². The van der Waals surface area contributed by atoms with E-state index in [0.717, 1.165) is 10.0 Å². The minimum absolute atomic E-state index is 0.00544. The number of phenolic OH excluding ortho intramolecular Hbond substituents is 1. The van der Waals surface area contributed by atoms with Crippen molar-refractivity contribution in [3.8, 4) is 11.5 Å². The Hall–Kier alpha value is -3.32. The molecular weight excluding hydrogens is 460 g/mol. The second-order valence-electron chi connectivity index (χ2n) is 6.85. The number of phenols is 1. The van der Waals surface area contributed by atoms with Gasteiger partial charge in [-0.05, 0) is 42.0 Å². The zero-order valence-electron chi connectivity index (χ0n) is 17.0. The zero-order valence-corrected chi connectivity index (χ0v) is 18.6. The van der Waals surface area contributed by atoms with Crippen LogP contribution >= 0.6 is 15.9 Å². The molecule has 0 aliphatic carbocycles. The summed E-state index contributed by atoms with van der Waals surface area (Å²) in [4.78, 5) is 27.1. The first kappa shape index (κ1) is 22.4. The molecule has 7 heteroatoms. The lowest BCUT2D eigenvalue weighted by Gasteiger charge is -2.25. The molecule has 2 amide bonds. The first-order valence-corrected chi connectivity index (χ1v) is 10.5. The number of hydrogen-bond donors (Lipinski definition) is 2. The molecular formula is C24H23BrN2O4. The Kier molecular flexibility index (Phi) is 7.67. The molecule has 0 spiro atoms. The molecule has 0 unspecified atom stereocenters. The van der Waals surface area contributed by atoms with Crippen LogP contribution < -0.4 is 15.0 Å². The first-order valence-electron chi connectivity index (χ1n) is 9.73. The second-order valence-corrected chi connectivity index (χ2v) is 7.76. The van der Waals surface area contributed by atoms with E-state index in [9.17, 15) is 14.7 Å². The van der Waals surface area contributed by atoms with Crippen LogP contribution in [0.25, 0.3) is 0 Å². The molecule has 2 N–H and O–H groups in total. The fraction of sp³-hybridized carbons (Fsp3) is 0.167. The molecule has 0 aromatic heterocycles. The Bertz CT molecular complexity index is 1070. The molecule has 0 radical (unpaired) electrons. The van der Waals surface area contributed by atoms with E-state index >= 15 is 0 Å². The lowest BCUT2D eigenvalue weighted by atomic mass is 10.1. The van der Waals surface area contributed by atoms with Gasteiger partial charge >= 0.3 is 0 Å². The molecule has 3 aromatic rings. The number of hydrogen-bond acceptors (Lipinski definition) is 4. The third-order valence-electron chi connectivity index (χ3n) is 4.65. The Morgan fingerprint density at radius 1 is 1.00 bits per heavy atom. The highest BCUT2D eigenvalue weighted by atomic mass is 79.9. The SMILES string of the molecule is COc1ccccc1N(Cc1cccc(Br)c1)C(=O)CCC(=O)Nc1ccccc1O. The van der Waals surface area contributed by atoms with E-state index in [-0.39, 0.29) is 30.4 Å². The van der Waals surface area contributed by atoms with Gasteiger partial charge in [-0.3, -0.25) is 9.59 Å².